The van der Waals surface area contributed by atoms with E-state index in [-0.39, 0.29) is 6.10 Å². The summed E-state index contributed by atoms with van der Waals surface area (Å²) < 4.78 is 0. The Bertz CT molecular complexity index is 74.5. The molecular weight excluding hydrogens is 100 g/mol. The Kier molecular flexibility index (Phi) is 3.53. The number of aliphatic hydroxyl groups excluding tert-OH is 1. The van der Waals surface area contributed by atoms with Crippen molar-refractivity contribution < 1.29 is 5.11 Å². The minimum Gasteiger partial charge on any atom is -0.389 e. The highest BCUT2D eigenvalue weighted by molar-refractivity contribution is 4.86. The molecule has 8 heavy (non-hydrogen) atoms. The summed E-state index contributed by atoms with van der Waals surface area (Å²) in [7, 11) is 0. The first-order valence-corrected chi connectivity index (χ1v) is 2.99. The van der Waals surface area contributed by atoms with Crippen LogP contribution in [0.1, 0.15) is 20.8 Å². The van der Waals surface area contributed by atoms with Crippen LogP contribution in [0, 0.1) is 5.92 Å². The van der Waals surface area contributed by atoms with E-state index >= 15 is 0 Å². The van der Waals surface area contributed by atoms with Gasteiger partial charge in [-0.25, -0.2) is 0 Å². The van der Waals surface area contributed by atoms with E-state index in [4.69, 9.17) is 5.11 Å². The molecule has 0 amide bonds. The molecule has 0 aromatic heterocycles. The van der Waals surface area contributed by atoms with Gasteiger partial charge < -0.3 is 5.11 Å². The van der Waals surface area contributed by atoms with Crippen LogP contribution in [0.25, 0.3) is 0 Å². The highest BCUT2D eigenvalue weighted by Crippen LogP contribution is 2.00. The van der Waals surface area contributed by atoms with Gasteiger partial charge in [0.1, 0.15) is 0 Å². The van der Waals surface area contributed by atoms with Crippen LogP contribution in [-0.2, 0) is 0 Å². The molecule has 1 N–H and O–H groups in total. The van der Waals surface area contributed by atoms with E-state index < -0.39 is 0 Å². The van der Waals surface area contributed by atoms with Gasteiger partial charge in [0.15, 0.2) is 0 Å². The van der Waals surface area contributed by atoms with Crippen molar-refractivity contribution in [3.63, 3.8) is 0 Å². The zero-order chi connectivity index (χ0) is 6.57. The Hall–Kier alpha value is -0.300. The van der Waals surface area contributed by atoms with E-state index in [1.165, 1.54) is 0 Å². The van der Waals surface area contributed by atoms with Crippen molar-refractivity contribution >= 4 is 0 Å². The molecule has 0 aliphatic rings. The summed E-state index contributed by atoms with van der Waals surface area (Å²) in [4.78, 5) is 0. The molecule has 0 aliphatic heterocycles. The molecule has 0 rings (SSSR count). The third kappa shape index (κ3) is 2.80. The molecule has 0 radical (unpaired) electrons. The van der Waals surface area contributed by atoms with Crippen LogP contribution in [-0.4, -0.2) is 11.2 Å². The Balaban J connectivity index is 3.47. The Morgan fingerprint density at radius 1 is 1.38 bits per heavy atom. The van der Waals surface area contributed by atoms with Crippen molar-refractivity contribution in [2.45, 2.75) is 26.9 Å². The summed E-state index contributed by atoms with van der Waals surface area (Å²) in [6, 6.07) is 0. The summed E-state index contributed by atoms with van der Waals surface area (Å²) in [5.74, 6) is 0.339. The van der Waals surface area contributed by atoms with Gasteiger partial charge in [0.2, 0.25) is 0 Å². The zero-order valence-electron chi connectivity index (χ0n) is 5.76. The van der Waals surface area contributed by atoms with Crippen LogP contribution in [0.5, 0.6) is 0 Å². The predicted octanol–water partition coefficient (Wildman–Crippen LogP) is 1.58. The molecule has 0 aromatic rings. The predicted molar refractivity (Wildman–Crippen MR) is 35.7 cm³/mol. The average Bonchev–Trinajstić information content (AvgIpc) is 1.67. The smallest absolute Gasteiger partial charge is 0.0743 e. The maximum absolute atomic E-state index is 9.04. The molecule has 0 aromatic carbocycles. The van der Waals surface area contributed by atoms with Crippen molar-refractivity contribution in [2.75, 3.05) is 0 Å². The van der Waals surface area contributed by atoms with Gasteiger partial charge in [-0.3, -0.25) is 0 Å². The maximum Gasteiger partial charge on any atom is 0.0743 e. The summed E-state index contributed by atoms with van der Waals surface area (Å²) in [5.41, 5.74) is 0. The van der Waals surface area contributed by atoms with Gasteiger partial charge in [0, 0.05) is 0 Å². The van der Waals surface area contributed by atoms with Crippen molar-refractivity contribution in [2.24, 2.45) is 5.92 Å². The molecule has 0 spiro atoms. The lowest BCUT2D eigenvalue weighted by molar-refractivity contribution is 0.172. The molecule has 1 atom stereocenters. The van der Waals surface area contributed by atoms with Crippen LogP contribution < -0.4 is 0 Å². The lowest BCUT2D eigenvalue weighted by atomic mass is 10.1. The molecule has 0 saturated heterocycles. The van der Waals surface area contributed by atoms with E-state index in [2.05, 4.69) is 0 Å². The maximum atomic E-state index is 9.04. The molecule has 0 unspecified atom stereocenters. The Morgan fingerprint density at radius 3 is 2.00 bits per heavy atom. The van der Waals surface area contributed by atoms with Crippen molar-refractivity contribution in [3.05, 3.63) is 12.2 Å². The molecule has 0 saturated carbocycles. The van der Waals surface area contributed by atoms with Crippen molar-refractivity contribution in [1.82, 2.24) is 0 Å². The lowest BCUT2D eigenvalue weighted by Crippen LogP contribution is -2.10. The summed E-state index contributed by atoms with van der Waals surface area (Å²) in [6.07, 6.45) is 3.40. The van der Waals surface area contributed by atoms with E-state index in [9.17, 15) is 0 Å². The SMILES string of the molecule is C/C=C/[C@H](O)C(C)C. The first kappa shape index (κ1) is 7.70. The van der Waals surface area contributed by atoms with Gasteiger partial charge in [0.25, 0.3) is 0 Å². The van der Waals surface area contributed by atoms with Crippen molar-refractivity contribution in [3.8, 4) is 0 Å². The van der Waals surface area contributed by atoms with Gasteiger partial charge in [-0.1, -0.05) is 26.0 Å². The molecule has 0 fully saturated rings. The highest BCUT2D eigenvalue weighted by atomic mass is 16.3. The van der Waals surface area contributed by atoms with Crippen LogP contribution >= 0.6 is 0 Å². The molecule has 0 heterocycles. The fraction of sp³-hybridized carbons (Fsp3) is 0.714. The van der Waals surface area contributed by atoms with Crippen LogP contribution in [0.2, 0.25) is 0 Å². The Morgan fingerprint density at radius 2 is 1.88 bits per heavy atom. The molecule has 48 valence electrons. The topological polar surface area (TPSA) is 20.2 Å². The number of hydrogen-bond acceptors (Lipinski definition) is 1. The van der Waals surface area contributed by atoms with E-state index in [1.807, 2.05) is 26.8 Å². The van der Waals surface area contributed by atoms with Gasteiger partial charge in [-0.15, -0.1) is 0 Å². The second-order valence-electron chi connectivity index (χ2n) is 2.26. The molecule has 1 nitrogen and oxygen atoms in total. The van der Waals surface area contributed by atoms with Crippen LogP contribution in [0.15, 0.2) is 12.2 Å². The number of allylic oxidation sites excluding steroid dienone is 1. The van der Waals surface area contributed by atoms with Gasteiger partial charge in [-0.05, 0) is 12.8 Å². The normalized spacial score (nSPS) is 15.6. The van der Waals surface area contributed by atoms with E-state index in [0.29, 0.717) is 5.92 Å². The summed E-state index contributed by atoms with van der Waals surface area (Å²) >= 11 is 0. The van der Waals surface area contributed by atoms with E-state index in [0.717, 1.165) is 0 Å². The molecule has 0 bridgehead atoms. The summed E-state index contributed by atoms with van der Waals surface area (Å²) in [6.45, 7) is 5.89. The molecule has 1 heteroatoms. The van der Waals surface area contributed by atoms with Crippen LogP contribution in [0.4, 0.5) is 0 Å². The van der Waals surface area contributed by atoms with E-state index in [1.54, 1.807) is 6.08 Å². The number of rotatable bonds is 2. The fourth-order valence-corrected chi connectivity index (χ4v) is 0.419. The third-order valence-electron chi connectivity index (χ3n) is 1.07. The second kappa shape index (κ2) is 3.67. The summed E-state index contributed by atoms with van der Waals surface area (Å²) in [5, 5.41) is 9.04. The zero-order valence-corrected chi connectivity index (χ0v) is 5.76. The fourth-order valence-electron chi connectivity index (χ4n) is 0.419. The number of hydrogen-bond donors (Lipinski definition) is 1. The van der Waals surface area contributed by atoms with Gasteiger partial charge in [-0.2, -0.15) is 0 Å². The van der Waals surface area contributed by atoms with Gasteiger partial charge >= 0.3 is 0 Å². The van der Waals surface area contributed by atoms with Gasteiger partial charge in [0.05, 0.1) is 6.10 Å². The first-order valence-electron chi connectivity index (χ1n) is 2.99. The quantitative estimate of drug-likeness (QED) is 0.540. The second-order valence-corrected chi connectivity index (χ2v) is 2.26. The largest absolute Gasteiger partial charge is 0.389 e. The monoisotopic (exact) mass is 114 g/mol. The first-order chi connectivity index (χ1) is 3.68. The highest BCUT2D eigenvalue weighted by Gasteiger charge is 2.01. The third-order valence-corrected chi connectivity index (χ3v) is 1.07. The lowest BCUT2D eigenvalue weighted by Gasteiger charge is -2.07. The average molecular weight is 114 g/mol. The van der Waals surface area contributed by atoms with Crippen LogP contribution in [0.3, 0.4) is 0 Å². The minimum absolute atomic E-state index is 0.264. The standard InChI is InChI=1S/C7H14O/c1-4-5-7(8)6(2)3/h4-8H,1-3H3/b5-4+/t7-/m0/s1. The molecular formula is C7H14O. The Labute approximate surface area is 51.0 Å². The number of aliphatic hydroxyl groups is 1. The molecule has 0 aliphatic carbocycles. The minimum atomic E-state index is -0.264. The van der Waals surface area contributed by atoms with Crippen molar-refractivity contribution in [1.29, 1.82) is 0 Å².